The molecular weight excluding hydrogens is 404 g/mol. The van der Waals surface area contributed by atoms with Crippen molar-refractivity contribution in [3.8, 4) is 17.1 Å². The molecule has 0 radical (unpaired) electrons. The molecule has 1 heterocycles. The van der Waals surface area contributed by atoms with Crippen molar-refractivity contribution < 1.29 is 19.4 Å². The number of unbranched alkanes of at least 4 members (excludes halogenated alkanes) is 5. The SMILES string of the molecule is CCCCCCOCCCCOc1cnc(-c2ccc(CCC/C=C/C(=O)O)cc2)nc1. The highest BCUT2D eigenvalue weighted by Crippen LogP contribution is 2.18. The van der Waals surface area contributed by atoms with Crippen LogP contribution in [0.15, 0.2) is 48.8 Å². The minimum absolute atomic E-state index is 0.637. The number of rotatable bonds is 17. The van der Waals surface area contributed by atoms with E-state index >= 15 is 0 Å². The second kappa shape index (κ2) is 16.0. The maximum Gasteiger partial charge on any atom is 0.327 e. The highest BCUT2D eigenvalue weighted by Gasteiger charge is 2.03. The summed E-state index contributed by atoms with van der Waals surface area (Å²) in [5, 5.41) is 8.59. The maximum atomic E-state index is 10.4. The average molecular weight is 441 g/mol. The first-order chi connectivity index (χ1) is 15.7. The van der Waals surface area contributed by atoms with Crippen LogP contribution in [0.3, 0.4) is 0 Å². The van der Waals surface area contributed by atoms with Crippen LogP contribution in [0, 0.1) is 0 Å². The first-order valence-corrected chi connectivity index (χ1v) is 11.7. The van der Waals surface area contributed by atoms with Crippen LogP contribution in [-0.2, 0) is 16.0 Å². The van der Waals surface area contributed by atoms with Crippen LogP contribution in [0.1, 0.15) is 63.9 Å². The molecule has 174 valence electrons. The van der Waals surface area contributed by atoms with E-state index in [0.717, 1.165) is 57.3 Å². The normalized spacial score (nSPS) is 11.2. The van der Waals surface area contributed by atoms with E-state index in [1.165, 1.54) is 30.9 Å². The summed E-state index contributed by atoms with van der Waals surface area (Å²) in [6.45, 7) is 4.51. The Morgan fingerprint density at radius 1 is 0.938 bits per heavy atom. The van der Waals surface area contributed by atoms with Gasteiger partial charge in [0.1, 0.15) is 0 Å². The van der Waals surface area contributed by atoms with E-state index in [0.29, 0.717) is 18.2 Å². The Hall–Kier alpha value is -2.73. The molecule has 0 amide bonds. The van der Waals surface area contributed by atoms with E-state index in [-0.39, 0.29) is 0 Å². The Morgan fingerprint density at radius 3 is 2.31 bits per heavy atom. The molecule has 0 fully saturated rings. The number of nitrogens with zero attached hydrogens (tertiary/aromatic N) is 2. The Labute approximate surface area is 191 Å². The van der Waals surface area contributed by atoms with E-state index in [9.17, 15) is 4.79 Å². The molecule has 0 aliphatic rings. The van der Waals surface area contributed by atoms with Crippen molar-refractivity contribution in [1.82, 2.24) is 9.97 Å². The quantitative estimate of drug-likeness (QED) is 0.245. The molecule has 6 nitrogen and oxygen atoms in total. The van der Waals surface area contributed by atoms with E-state index < -0.39 is 5.97 Å². The lowest BCUT2D eigenvalue weighted by molar-refractivity contribution is -0.131. The fourth-order valence-corrected chi connectivity index (χ4v) is 3.20. The van der Waals surface area contributed by atoms with Crippen molar-refractivity contribution >= 4 is 5.97 Å². The smallest absolute Gasteiger partial charge is 0.327 e. The van der Waals surface area contributed by atoms with Gasteiger partial charge in [-0.1, -0.05) is 56.5 Å². The Bertz CT molecular complexity index is 788. The maximum absolute atomic E-state index is 10.4. The second-order valence-electron chi connectivity index (χ2n) is 7.80. The number of hydrogen-bond acceptors (Lipinski definition) is 5. The summed E-state index contributed by atoms with van der Waals surface area (Å²) in [4.78, 5) is 19.3. The van der Waals surface area contributed by atoms with Crippen LogP contribution in [0.5, 0.6) is 5.75 Å². The van der Waals surface area contributed by atoms with Crippen molar-refractivity contribution in [3.63, 3.8) is 0 Å². The number of aryl methyl sites for hydroxylation is 1. The zero-order valence-corrected chi connectivity index (χ0v) is 19.2. The molecule has 0 saturated carbocycles. The number of hydrogen-bond donors (Lipinski definition) is 1. The topological polar surface area (TPSA) is 81.5 Å². The van der Waals surface area contributed by atoms with Crippen molar-refractivity contribution in [2.75, 3.05) is 19.8 Å². The number of ether oxygens (including phenoxy) is 2. The zero-order valence-electron chi connectivity index (χ0n) is 19.2. The molecule has 0 spiro atoms. The monoisotopic (exact) mass is 440 g/mol. The number of aliphatic carboxylic acids is 1. The molecule has 0 aliphatic heterocycles. The van der Waals surface area contributed by atoms with Crippen molar-refractivity contribution in [2.45, 2.75) is 64.7 Å². The lowest BCUT2D eigenvalue weighted by Gasteiger charge is -2.07. The van der Waals surface area contributed by atoms with Gasteiger partial charge in [-0.05, 0) is 44.1 Å². The van der Waals surface area contributed by atoms with Crippen LogP contribution in [0.4, 0.5) is 0 Å². The summed E-state index contributed by atoms with van der Waals surface area (Å²) in [6.07, 6.45) is 15.8. The summed E-state index contributed by atoms with van der Waals surface area (Å²) in [6, 6.07) is 8.16. The van der Waals surface area contributed by atoms with Crippen molar-refractivity contribution in [1.29, 1.82) is 0 Å². The van der Waals surface area contributed by atoms with E-state index in [2.05, 4.69) is 29.0 Å². The lowest BCUT2D eigenvalue weighted by Crippen LogP contribution is -2.02. The van der Waals surface area contributed by atoms with E-state index in [4.69, 9.17) is 14.6 Å². The molecule has 0 atom stereocenters. The third-order valence-corrected chi connectivity index (χ3v) is 5.03. The van der Waals surface area contributed by atoms with Gasteiger partial charge in [0.25, 0.3) is 0 Å². The first kappa shape index (κ1) is 25.5. The van der Waals surface area contributed by atoms with Gasteiger partial charge in [-0.25, -0.2) is 14.8 Å². The summed E-state index contributed by atoms with van der Waals surface area (Å²) in [5.41, 5.74) is 2.17. The van der Waals surface area contributed by atoms with Gasteiger partial charge in [-0.15, -0.1) is 0 Å². The van der Waals surface area contributed by atoms with Gasteiger partial charge in [0.15, 0.2) is 11.6 Å². The van der Waals surface area contributed by atoms with Crippen LogP contribution < -0.4 is 4.74 Å². The molecule has 0 aliphatic carbocycles. The van der Waals surface area contributed by atoms with E-state index in [1.807, 2.05) is 12.1 Å². The first-order valence-electron chi connectivity index (χ1n) is 11.7. The molecule has 1 N–H and O–H groups in total. The van der Waals surface area contributed by atoms with Crippen molar-refractivity contribution in [3.05, 3.63) is 54.4 Å². The minimum atomic E-state index is -0.899. The van der Waals surface area contributed by atoms with Crippen LogP contribution in [0.2, 0.25) is 0 Å². The number of benzene rings is 1. The number of carboxylic acid groups (broad SMARTS) is 1. The number of carbonyl (C=O) groups is 1. The van der Waals surface area contributed by atoms with E-state index in [1.54, 1.807) is 18.5 Å². The molecule has 0 saturated heterocycles. The second-order valence-corrected chi connectivity index (χ2v) is 7.80. The predicted octanol–water partition coefficient (Wildman–Crippen LogP) is 5.86. The standard InChI is InChI=1S/C26H36N2O4/c1-2-3-4-8-17-31-18-9-10-19-32-24-20-27-26(28-21-24)23-15-13-22(14-16-23)11-6-5-7-12-25(29)30/h7,12-16,20-21H,2-6,8-11,17-19H2,1H3,(H,29,30)/b12-7+. The van der Waals surface area contributed by atoms with Crippen LogP contribution in [-0.4, -0.2) is 40.9 Å². The molecule has 2 aromatic rings. The summed E-state index contributed by atoms with van der Waals surface area (Å²) >= 11 is 0. The Balaban J connectivity index is 1.63. The predicted molar refractivity (Wildman–Crippen MR) is 127 cm³/mol. The molecule has 32 heavy (non-hydrogen) atoms. The van der Waals surface area contributed by atoms with Gasteiger partial charge in [-0.3, -0.25) is 0 Å². The Morgan fingerprint density at radius 2 is 1.62 bits per heavy atom. The fraction of sp³-hybridized carbons (Fsp3) is 0.500. The molecule has 1 aromatic heterocycles. The summed E-state index contributed by atoms with van der Waals surface area (Å²) < 4.78 is 11.4. The third-order valence-electron chi connectivity index (χ3n) is 5.03. The molecular formula is C26H36N2O4. The highest BCUT2D eigenvalue weighted by molar-refractivity contribution is 5.79. The molecule has 0 unspecified atom stereocenters. The lowest BCUT2D eigenvalue weighted by atomic mass is 10.1. The summed E-state index contributed by atoms with van der Waals surface area (Å²) in [5.74, 6) is 0.453. The van der Waals surface area contributed by atoms with Gasteiger partial charge in [0.2, 0.25) is 0 Å². The molecule has 0 bridgehead atoms. The highest BCUT2D eigenvalue weighted by atomic mass is 16.5. The van der Waals surface area contributed by atoms with Gasteiger partial charge in [0.05, 0.1) is 19.0 Å². The number of allylic oxidation sites excluding steroid dienone is 1. The molecule has 2 rings (SSSR count). The van der Waals surface area contributed by atoms with Gasteiger partial charge >= 0.3 is 5.97 Å². The van der Waals surface area contributed by atoms with Gasteiger partial charge in [0, 0.05) is 24.9 Å². The van der Waals surface area contributed by atoms with Crippen molar-refractivity contribution in [2.24, 2.45) is 0 Å². The fourth-order valence-electron chi connectivity index (χ4n) is 3.20. The van der Waals surface area contributed by atoms with Gasteiger partial charge in [-0.2, -0.15) is 0 Å². The summed E-state index contributed by atoms with van der Waals surface area (Å²) in [7, 11) is 0. The zero-order chi connectivity index (χ0) is 22.9. The third kappa shape index (κ3) is 11.0. The molecule has 6 heteroatoms. The average Bonchev–Trinajstić information content (AvgIpc) is 2.81. The number of carboxylic acids is 1. The van der Waals surface area contributed by atoms with Crippen LogP contribution >= 0.6 is 0 Å². The molecule has 1 aromatic carbocycles. The minimum Gasteiger partial charge on any atom is -0.490 e. The largest absolute Gasteiger partial charge is 0.490 e. The van der Waals surface area contributed by atoms with Gasteiger partial charge < -0.3 is 14.6 Å². The Kier molecular flexibility index (Phi) is 12.7. The van der Waals surface area contributed by atoms with Crippen LogP contribution in [0.25, 0.3) is 11.4 Å². The number of aromatic nitrogens is 2.